The van der Waals surface area contributed by atoms with Crippen LogP contribution in [0.5, 0.6) is 0 Å². The molecule has 0 fully saturated rings. The Morgan fingerprint density at radius 3 is 2.37 bits per heavy atom. The number of hydrogen-bond donors (Lipinski definition) is 1. The van der Waals surface area contributed by atoms with Crippen LogP contribution in [0.4, 0.5) is 5.82 Å². The number of H-pyrrole nitrogens is 1. The predicted molar refractivity (Wildman–Crippen MR) is 78.4 cm³/mol. The maximum atomic E-state index is 4.46. The molecule has 2 aromatic heterocycles. The topological polar surface area (TPSA) is 57.7 Å². The van der Waals surface area contributed by atoms with E-state index in [2.05, 4.69) is 38.9 Å². The van der Waals surface area contributed by atoms with E-state index < -0.39 is 0 Å². The van der Waals surface area contributed by atoms with E-state index >= 15 is 0 Å². The van der Waals surface area contributed by atoms with Gasteiger partial charge >= 0.3 is 0 Å². The number of nitrogens with one attached hydrogen (secondary N) is 1. The Balaban J connectivity index is 2.31. The van der Waals surface area contributed by atoms with Gasteiger partial charge in [0.25, 0.3) is 0 Å². The molecule has 0 aliphatic rings. The normalized spacial score (nSPS) is 11.1. The van der Waals surface area contributed by atoms with Gasteiger partial charge in [-0.05, 0) is 19.8 Å². The van der Waals surface area contributed by atoms with Crippen molar-refractivity contribution in [2.45, 2.75) is 46.5 Å². The van der Waals surface area contributed by atoms with Crippen molar-refractivity contribution in [3.05, 3.63) is 12.0 Å². The molecule has 0 spiro atoms. The van der Waals surface area contributed by atoms with E-state index in [0.717, 1.165) is 35.6 Å². The summed E-state index contributed by atoms with van der Waals surface area (Å²) < 4.78 is 0. The molecule has 5 heteroatoms. The lowest BCUT2D eigenvalue weighted by Gasteiger charge is -2.23. The highest BCUT2D eigenvalue weighted by molar-refractivity contribution is 5.86. The zero-order valence-corrected chi connectivity index (χ0v) is 12.1. The average Bonchev–Trinajstić information content (AvgIpc) is 2.81. The van der Waals surface area contributed by atoms with E-state index in [1.54, 1.807) is 6.33 Å². The molecule has 2 heterocycles. The summed E-state index contributed by atoms with van der Waals surface area (Å²) in [6.45, 7) is 8.50. The monoisotopic (exact) mass is 261 g/mol. The van der Waals surface area contributed by atoms with Crippen LogP contribution in [-0.4, -0.2) is 33.3 Å². The molecule has 2 aromatic rings. The van der Waals surface area contributed by atoms with Gasteiger partial charge in [-0.25, -0.2) is 9.97 Å². The zero-order chi connectivity index (χ0) is 13.7. The number of aryl methyl sites for hydroxylation is 1. The van der Waals surface area contributed by atoms with Crippen molar-refractivity contribution in [3.63, 3.8) is 0 Å². The molecule has 0 saturated carbocycles. The van der Waals surface area contributed by atoms with Crippen molar-refractivity contribution in [1.82, 2.24) is 20.2 Å². The van der Waals surface area contributed by atoms with E-state index in [-0.39, 0.29) is 0 Å². The summed E-state index contributed by atoms with van der Waals surface area (Å²) in [6, 6.07) is 0. The Hall–Kier alpha value is -1.65. The van der Waals surface area contributed by atoms with Gasteiger partial charge in [0, 0.05) is 13.1 Å². The first kappa shape index (κ1) is 13.8. The minimum Gasteiger partial charge on any atom is -0.355 e. The first-order chi connectivity index (χ1) is 9.27. The molecule has 5 nitrogen and oxygen atoms in total. The number of hydrogen-bond acceptors (Lipinski definition) is 4. The van der Waals surface area contributed by atoms with Gasteiger partial charge in [0.2, 0.25) is 0 Å². The van der Waals surface area contributed by atoms with Gasteiger partial charge in [0.05, 0.1) is 5.69 Å². The number of anilines is 1. The molecule has 0 amide bonds. The van der Waals surface area contributed by atoms with E-state index in [9.17, 15) is 0 Å². The Kier molecular flexibility index (Phi) is 4.71. The molecular formula is C14H23N5. The van der Waals surface area contributed by atoms with E-state index in [4.69, 9.17) is 0 Å². The Morgan fingerprint density at radius 1 is 1.05 bits per heavy atom. The number of rotatable bonds is 7. The highest BCUT2D eigenvalue weighted by Crippen LogP contribution is 2.23. The molecular weight excluding hydrogens is 238 g/mol. The number of fused-ring (bicyclic) bond motifs is 1. The fraction of sp³-hybridized carbons (Fsp3) is 0.643. The zero-order valence-electron chi connectivity index (χ0n) is 12.1. The lowest BCUT2D eigenvalue weighted by Crippen LogP contribution is -2.26. The van der Waals surface area contributed by atoms with Gasteiger partial charge in [-0.15, -0.1) is 0 Å². The summed E-state index contributed by atoms with van der Waals surface area (Å²) in [5.74, 6) is 0.969. The molecule has 0 aromatic carbocycles. The molecule has 0 aliphatic heterocycles. The maximum Gasteiger partial charge on any atom is 0.160 e. The minimum atomic E-state index is 0.896. The van der Waals surface area contributed by atoms with Crippen LogP contribution in [0.2, 0.25) is 0 Å². The Labute approximate surface area is 114 Å². The van der Waals surface area contributed by atoms with Crippen molar-refractivity contribution in [2.75, 3.05) is 18.0 Å². The summed E-state index contributed by atoms with van der Waals surface area (Å²) in [5, 5.41) is 7.37. The first-order valence-electron chi connectivity index (χ1n) is 7.18. The molecule has 2 rings (SSSR count). The second-order valence-electron chi connectivity index (χ2n) is 4.94. The third-order valence-corrected chi connectivity index (χ3v) is 3.36. The lowest BCUT2D eigenvalue weighted by atomic mass is 10.2. The molecule has 1 N–H and O–H groups in total. The SMILES string of the molecule is CCCCN(CCCC)c1ncnc2c(C)[nH]nc12. The quantitative estimate of drug-likeness (QED) is 0.832. The van der Waals surface area contributed by atoms with E-state index in [0.29, 0.717) is 0 Å². The van der Waals surface area contributed by atoms with Crippen LogP contribution < -0.4 is 4.90 Å². The first-order valence-corrected chi connectivity index (χ1v) is 7.18. The summed E-state index contributed by atoms with van der Waals surface area (Å²) in [7, 11) is 0. The molecule has 0 bridgehead atoms. The Bertz CT molecular complexity index is 512. The van der Waals surface area contributed by atoms with Crippen molar-refractivity contribution in [3.8, 4) is 0 Å². The van der Waals surface area contributed by atoms with Crippen LogP contribution in [0.3, 0.4) is 0 Å². The summed E-state index contributed by atoms with van der Waals surface area (Å²) in [4.78, 5) is 11.1. The number of nitrogens with zero attached hydrogens (tertiary/aromatic N) is 4. The Morgan fingerprint density at radius 2 is 1.74 bits per heavy atom. The summed E-state index contributed by atoms with van der Waals surface area (Å²) >= 11 is 0. The molecule has 0 saturated heterocycles. The summed E-state index contributed by atoms with van der Waals surface area (Å²) in [5.41, 5.74) is 2.83. The third kappa shape index (κ3) is 3.03. The third-order valence-electron chi connectivity index (χ3n) is 3.36. The predicted octanol–water partition coefficient (Wildman–Crippen LogP) is 3.07. The second kappa shape index (κ2) is 6.50. The van der Waals surface area contributed by atoms with Gasteiger partial charge in [0.1, 0.15) is 11.8 Å². The highest BCUT2D eigenvalue weighted by atomic mass is 15.2. The van der Waals surface area contributed by atoms with Crippen molar-refractivity contribution < 1.29 is 0 Å². The molecule has 0 unspecified atom stereocenters. The maximum absolute atomic E-state index is 4.46. The van der Waals surface area contributed by atoms with Crippen molar-refractivity contribution in [1.29, 1.82) is 0 Å². The van der Waals surface area contributed by atoms with Crippen LogP contribution in [0.15, 0.2) is 6.33 Å². The van der Waals surface area contributed by atoms with Gasteiger partial charge in [-0.2, -0.15) is 5.10 Å². The van der Waals surface area contributed by atoms with Gasteiger partial charge in [0.15, 0.2) is 11.3 Å². The minimum absolute atomic E-state index is 0.896. The molecule has 19 heavy (non-hydrogen) atoms. The van der Waals surface area contributed by atoms with Gasteiger partial charge < -0.3 is 4.90 Å². The number of unbranched alkanes of at least 4 members (excludes halogenated alkanes) is 2. The van der Waals surface area contributed by atoms with Crippen LogP contribution >= 0.6 is 0 Å². The number of aromatic nitrogens is 4. The van der Waals surface area contributed by atoms with Gasteiger partial charge in [-0.3, -0.25) is 5.10 Å². The van der Waals surface area contributed by atoms with Crippen molar-refractivity contribution in [2.24, 2.45) is 0 Å². The number of aromatic amines is 1. The molecule has 0 atom stereocenters. The summed E-state index contributed by atoms with van der Waals surface area (Å²) in [6.07, 6.45) is 6.38. The standard InChI is InChI=1S/C14H23N5/c1-4-6-8-19(9-7-5-2)14-13-12(15-10-16-14)11(3)17-18-13/h10H,4-9H2,1-3H3,(H,17,18). The lowest BCUT2D eigenvalue weighted by molar-refractivity contribution is 0.672. The van der Waals surface area contributed by atoms with E-state index in [1.807, 2.05) is 6.92 Å². The smallest absolute Gasteiger partial charge is 0.160 e. The molecule has 0 radical (unpaired) electrons. The largest absolute Gasteiger partial charge is 0.355 e. The fourth-order valence-corrected chi connectivity index (χ4v) is 2.19. The van der Waals surface area contributed by atoms with Crippen LogP contribution in [0, 0.1) is 6.92 Å². The van der Waals surface area contributed by atoms with Crippen molar-refractivity contribution >= 4 is 16.9 Å². The molecule has 0 aliphatic carbocycles. The van der Waals surface area contributed by atoms with Gasteiger partial charge in [-0.1, -0.05) is 26.7 Å². The van der Waals surface area contributed by atoms with Crippen LogP contribution in [-0.2, 0) is 0 Å². The van der Waals surface area contributed by atoms with Crippen LogP contribution in [0.25, 0.3) is 11.0 Å². The average molecular weight is 261 g/mol. The molecule has 104 valence electrons. The van der Waals surface area contributed by atoms with E-state index in [1.165, 1.54) is 25.7 Å². The fourth-order valence-electron chi connectivity index (χ4n) is 2.19. The van der Waals surface area contributed by atoms with Crippen LogP contribution in [0.1, 0.15) is 45.2 Å². The highest BCUT2D eigenvalue weighted by Gasteiger charge is 2.15. The second-order valence-corrected chi connectivity index (χ2v) is 4.94.